The maximum atomic E-state index is 4.65. The van der Waals surface area contributed by atoms with Crippen LogP contribution in [0.5, 0.6) is 0 Å². The lowest BCUT2D eigenvalue weighted by molar-refractivity contribution is 0.213. The number of hydrogen-bond donors (Lipinski definition) is 0. The SMILES string of the molecule is CO/N=C(/C)c1ccccc1. The van der Waals surface area contributed by atoms with E-state index in [0.29, 0.717) is 0 Å². The largest absolute Gasteiger partial charge is 0.399 e. The van der Waals surface area contributed by atoms with E-state index in [2.05, 4.69) is 9.99 Å². The average Bonchev–Trinajstić information content (AvgIpc) is 2.07. The van der Waals surface area contributed by atoms with Gasteiger partial charge in [0.1, 0.15) is 7.11 Å². The molecule has 0 aliphatic carbocycles. The number of nitrogens with zero attached hydrogens (tertiary/aromatic N) is 1. The Labute approximate surface area is 66.5 Å². The van der Waals surface area contributed by atoms with E-state index in [1.165, 1.54) is 0 Å². The molecule has 0 fully saturated rings. The van der Waals surface area contributed by atoms with Crippen LogP contribution < -0.4 is 0 Å². The van der Waals surface area contributed by atoms with Crippen molar-refractivity contribution in [3.05, 3.63) is 35.9 Å². The van der Waals surface area contributed by atoms with Crippen molar-refractivity contribution in [1.29, 1.82) is 0 Å². The van der Waals surface area contributed by atoms with E-state index in [1.54, 1.807) is 7.11 Å². The standard InChI is InChI=1S/C9H11NO/c1-8(10-11-2)9-6-4-3-5-7-9/h3-7H,1-2H3/b10-8-. The number of oxime groups is 1. The van der Waals surface area contributed by atoms with Crippen LogP contribution in [0.3, 0.4) is 0 Å². The van der Waals surface area contributed by atoms with Crippen LogP contribution in [0.25, 0.3) is 0 Å². The quantitative estimate of drug-likeness (QED) is 0.466. The van der Waals surface area contributed by atoms with Crippen LogP contribution in [0.4, 0.5) is 0 Å². The van der Waals surface area contributed by atoms with Crippen LogP contribution >= 0.6 is 0 Å². The van der Waals surface area contributed by atoms with Crippen LogP contribution in [-0.2, 0) is 4.84 Å². The number of hydrogen-bond acceptors (Lipinski definition) is 2. The fourth-order valence-corrected chi connectivity index (χ4v) is 0.869. The van der Waals surface area contributed by atoms with Gasteiger partial charge in [-0.2, -0.15) is 0 Å². The molecule has 1 aromatic rings. The van der Waals surface area contributed by atoms with Gasteiger partial charge in [0.15, 0.2) is 0 Å². The smallest absolute Gasteiger partial charge is 0.106 e. The average molecular weight is 149 g/mol. The van der Waals surface area contributed by atoms with Gasteiger partial charge >= 0.3 is 0 Å². The van der Waals surface area contributed by atoms with Crippen molar-refractivity contribution in [3.63, 3.8) is 0 Å². The van der Waals surface area contributed by atoms with Gasteiger partial charge in [0, 0.05) is 0 Å². The van der Waals surface area contributed by atoms with Gasteiger partial charge in [-0.1, -0.05) is 35.5 Å². The second-order valence-electron chi connectivity index (χ2n) is 2.23. The molecule has 0 saturated carbocycles. The highest BCUT2D eigenvalue weighted by Crippen LogP contribution is 2.00. The first-order valence-electron chi connectivity index (χ1n) is 3.48. The van der Waals surface area contributed by atoms with E-state index in [9.17, 15) is 0 Å². The first kappa shape index (κ1) is 7.79. The van der Waals surface area contributed by atoms with Crippen LogP contribution in [0.2, 0.25) is 0 Å². The van der Waals surface area contributed by atoms with E-state index in [0.717, 1.165) is 11.3 Å². The molecule has 0 amide bonds. The topological polar surface area (TPSA) is 21.6 Å². The summed E-state index contributed by atoms with van der Waals surface area (Å²) in [6.45, 7) is 1.92. The number of benzene rings is 1. The molecule has 0 unspecified atom stereocenters. The Kier molecular flexibility index (Phi) is 2.66. The fourth-order valence-electron chi connectivity index (χ4n) is 0.869. The van der Waals surface area contributed by atoms with Gasteiger partial charge in [0.2, 0.25) is 0 Å². The Bertz CT molecular complexity index is 241. The zero-order valence-corrected chi connectivity index (χ0v) is 6.74. The van der Waals surface area contributed by atoms with Crippen molar-refractivity contribution in [3.8, 4) is 0 Å². The van der Waals surface area contributed by atoms with Crippen molar-refractivity contribution < 1.29 is 4.84 Å². The Hall–Kier alpha value is -1.31. The van der Waals surface area contributed by atoms with Gasteiger partial charge < -0.3 is 4.84 Å². The molecular formula is C9H11NO. The molecule has 0 atom stereocenters. The molecule has 1 aromatic carbocycles. The second kappa shape index (κ2) is 3.76. The van der Waals surface area contributed by atoms with E-state index in [1.807, 2.05) is 37.3 Å². The monoisotopic (exact) mass is 149 g/mol. The molecule has 1 rings (SSSR count). The molecule has 0 aliphatic heterocycles. The second-order valence-corrected chi connectivity index (χ2v) is 2.23. The molecule has 2 heteroatoms. The molecule has 11 heavy (non-hydrogen) atoms. The lowest BCUT2D eigenvalue weighted by Gasteiger charge is -1.97. The Morgan fingerprint density at radius 1 is 1.27 bits per heavy atom. The normalized spacial score (nSPS) is 11.3. The highest BCUT2D eigenvalue weighted by atomic mass is 16.6. The van der Waals surface area contributed by atoms with Gasteiger partial charge in [-0.05, 0) is 12.5 Å². The minimum atomic E-state index is 0.896. The third-order valence-corrected chi connectivity index (χ3v) is 1.42. The Morgan fingerprint density at radius 2 is 1.91 bits per heavy atom. The molecule has 0 bridgehead atoms. The summed E-state index contributed by atoms with van der Waals surface area (Å²) in [5.41, 5.74) is 1.99. The molecule has 0 spiro atoms. The molecule has 2 nitrogen and oxygen atoms in total. The highest BCUT2D eigenvalue weighted by molar-refractivity contribution is 5.98. The van der Waals surface area contributed by atoms with Crippen molar-refractivity contribution in [2.24, 2.45) is 5.16 Å². The molecule has 0 aromatic heterocycles. The first-order valence-corrected chi connectivity index (χ1v) is 3.48. The van der Waals surface area contributed by atoms with Gasteiger partial charge in [0.05, 0.1) is 5.71 Å². The van der Waals surface area contributed by atoms with Crippen LogP contribution in [0, 0.1) is 0 Å². The molecule has 0 aliphatic rings. The summed E-state index contributed by atoms with van der Waals surface area (Å²) in [5, 5.41) is 3.81. The summed E-state index contributed by atoms with van der Waals surface area (Å²) in [5.74, 6) is 0. The summed E-state index contributed by atoms with van der Waals surface area (Å²) in [4.78, 5) is 4.65. The van der Waals surface area contributed by atoms with Crippen LogP contribution in [0.1, 0.15) is 12.5 Å². The zero-order valence-electron chi connectivity index (χ0n) is 6.74. The molecule has 0 saturated heterocycles. The van der Waals surface area contributed by atoms with E-state index in [4.69, 9.17) is 0 Å². The summed E-state index contributed by atoms with van der Waals surface area (Å²) in [6.07, 6.45) is 0. The predicted molar refractivity (Wildman–Crippen MR) is 45.7 cm³/mol. The maximum Gasteiger partial charge on any atom is 0.106 e. The fraction of sp³-hybridized carbons (Fsp3) is 0.222. The lowest BCUT2D eigenvalue weighted by Crippen LogP contribution is -1.93. The summed E-state index contributed by atoms with van der Waals surface area (Å²) >= 11 is 0. The van der Waals surface area contributed by atoms with Crippen molar-refractivity contribution in [2.75, 3.05) is 7.11 Å². The first-order chi connectivity index (χ1) is 5.34. The van der Waals surface area contributed by atoms with Gasteiger partial charge in [-0.25, -0.2) is 0 Å². The van der Waals surface area contributed by atoms with Crippen LogP contribution in [-0.4, -0.2) is 12.8 Å². The summed E-state index contributed by atoms with van der Waals surface area (Å²) in [7, 11) is 1.55. The Balaban J connectivity index is 2.85. The molecule has 0 N–H and O–H groups in total. The van der Waals surface area contributed by atoms with Crippen molar-refractivity contribution >= 4 is 5.71 Å². The maximum absolute atomic E-state index is 4.65. The van der Waals surface area contributed by atoms with Crippen LogP contribution in [0.15, 0.2) is 35.5 Å². The minimum Gasteiger partial charge on any atom is -0.399 e. The van der Waals surface area contributed by atoms with Gasteiger partial charge in [-0.3, -0.25) is 0 Å². The molecule has 0 radical (unpaired) electrons. The molecular weight excluding hydrogens is 138 g/mol. The molecule has 0 heterocycles. The zero-order chi connectivity index (χ0) is 8.10. The lowest BCUT2D eigenvalue weighted by atomic mass is 10.1. The van der Waals surface area contributed by atoms with Crippen molar-refractivity contribution in [2.45, 2.75) is 6.92 Å². The third kappa shape index (κ3) is 2.08. The van der Waals surface area contributed by atoms with Gasteiger partial charge in [0.25, 0.3) is 0 Å². The summed E-state index contributed by atoms with van der Waals surface area (Å²) < 4.78 is 0. The van der Waals surface area contributed by atoms with Crippen molar-refractivity contribution in [1.82, 2.24) is 0 Å². The number of rotatable bonds is 2. The predicted octanol–water partition coefficient (Wildman–Crippen LogP) is 2.06. The summed E-state index contributed by atoms with van der Waals surface area (Å²) in [6, 6.07) is 9.92. The van der Waals surface area contributed by atoms with E-state index < -0.39 is 0 Å². The minimum absolute atomic E-state index is 0.896. The molecule has 58 valence electrons. The van der Waals surface area contributed by atoms with E-state index >= 15 is 0 Å². The Morgan fingerprint density at radius 3 is 2.45 bits per heavy atom. The van der Waals surface area contributed by atoms with Gasteiger partial charge in [-0.15, -0.1) is 0 Å². The highest BCUT2D eigenvalue weighted by Gasteiger charge is 1.93. The third-order valence-electron chi connectivity index (χ3n) is 1.42. The van der Waals surface area contributed by atoms with E-state index in [-0.39, 0.29) is 0 Å².